The van der Waals surface area contributed by atoms with E-state index in [-0.39, 0.29) is 25.2 Å². The summed E-state index contributed by atoms with van der Waals surface area (Å²) in [6.07, 6.45) is -16.2. The van der Waals surface area contributed by atoms with Crippen LogP contribution in [-0.2, 0) is 0 Å². The molecule has 0 saturated heterocycles. The lowest BCUT2D eigenvalue weighted by molar-refractivity contribution is -0.353. The second-order valence-corrected chi connectivity index (χ2v) is 11.8. The Kier molecular flexibility index (Phi) is 8.47. The molecule has 0 amide bonds. The molecule has 0 spiro atoms. The van der Waals surface area contributed by atoms with E-state index in [9.17, 15) is 52.7 Å². The highest BCUT2D eigenvalue weighted by Crippen LogP contribution is 2.65. The van der Waals surface area contributed by atoms with Gasteiger partial charge in [-0.25, -0.2) is 0 Å². The van der Waals surface area contributed by atoms with E-state index in [1.807, 2.05) is 0 Å². The molecule has 4 bridgehead atoms. The molecule has 4 aliphatic rings. The van der Waals surface area contributed by atoms with Gasteiger partial charge in [-0.05, 0) is 94.3 Å². The maximum Gasteiger partial charge on any atom is 0.403 e. The fourth-order valence-corrected chi connectivity index (χ4v) is 7.06. The molecule has 4 fully saturated rings. The average Bonchev–Trinajstić information content (AvgIpc) is 2.62. The lowest BCUT2D eigenvalue weighted by atomic mass is 9.47. The maximum atomic E-state index is 13.3. The van der Waals surface area contributed by atoms with E-state index in [1.165, 1.54) is 6.92 Å². The van der Waals surface area contributed by atoms with Gasteiger partial charge >= 0.3 is 24.7 Å². The zero-order valence-corrected chi connectivity index (χ0v) is 20.7. The Morgan fingerprint density at radius 2 is 0.972 bits per heavy atom. The highest BCUT2D eigenvalue weighted by molar-refractivity contribution is 5.04. The molecule has 0 aliphatic heterocycles. The zero-order chi connectivity index (χ0) is 28.2. The first-order valence-electron chi connectivity index (χ1n) is 12.2. The van der Waals surface area contributed by atoms with Crippen LogP contribution in [0.2, 0.25) is 0 Å². The molecular weight excluding hydrogens is 516 g/mol. The molecule has 4 aliphatic carbocycles. The molecule has 0 heterocycles. The predicted molar refractivity (Wildman–Crippen MR) is 110 cm³/mol. The molecule has 0 nitrogen and oxygen atoms in total. The third kappa shape index (κ3) is 5.76. The largest absolute Gasteiger partial charge is 0.403 e. The van der Waals surface area contributed by atoms with Crippen molar-refractivity contribution in [1.29, 1.82) is 0 Å². The Morgan fingerprint density at radius 1 is 0.639 bits per heavy atom. The summed E-state index contributed by atoms with van der Waals surface area (Å²) in [5, 5.41) is 0. The van der Waals surface area contributed by atoms with E-state index in [1.54, 1.807) is 0 Å². The molecule has 36 heavy (non-hydrogen) atoms. The van der Waals surface area contributed by atoms with Crippen LogP contribution in [0.5, 0.6) is 0 Å². The highest BCUT2D eigenvalue weighted by atomic mass is 19.4. The second kappa shape index (κ2) is 9.72. The second-order valence-electron chi connectivity index (χ2n) is 11.8. The number of halogens is 12. The summed E-state index contributed by atoms with van der Waals surface area (Å²) in [4.78, 5) is 0. The molecule has 214 valence electrons. The molecule has 0 N–H and O–H groups in total. The lowest BCUT2D eigenvalue weighted by Gasteiger charge is -2.58. The topological polar surface area (TPSA) is 0 Å². The summed E-state index contributed by atoms with van der Waals surface area (Å²) >= 11 is 0. The molecule has 0 unspecified atom stereocenters. The Balaban J connectivity index is 0.000000302. The van der Waals surface area contributed by atoms with Gasteiger partial charge in [-0.1, -0.05) is 20.3 Å². The highest BCUT2D eigenvalue weighted by Gasteiger charge is 2.70. The van der Waals surface area contributed by atoms with Crippen LogP contribution in [0.1, 0.15) is 85.5 Å². The molecule has 0 aromatic heterocycles. The van der Waals surface area contributed by atoms with Gasteiger partial charge in [0.05, 0.1) is 0 Å². The Bertz CT molecular complexity index is 677. The molecule has 12 heteroatoms. The first-order chi connectivity index (χ1) is 15.9. The van der Waals surface area contributed by atoms with Gasteiger partial charge in [0.2, 0.25) is 0 Å². The fraction of sp³-hybridized carbons (Fsp3) is 1.00. The Hall–Kier alpha value is -0.840. The summed E-state index contributed by atoms with van der Waals surface area (Å²) in [6.45, 7) is 2.98. The van der Waals surface area contributed by atoms with Gasteiger partial charge in [-0.3, -0.25) is 0 Å². The molecular formula is C24H34F12. The van der Waals surface area contributed by atoms with E-state index < -0.39 is 47.9 Å². The summed E-state index contributed by atoms with van der Waals surface area (Å²) in [7, 11) is 0. The average molecular weight is 551 g/mol. The summed E-state index contributed by atoms with van der Waals surface area (Å²) in [5.41, 5.74) is -7.48. The van der Waals surface area contributed by atoms with Crippen molar-refractivity contribution in [2.24, 2.45) is 39.9 Å². The SMILES string of the molecule is CCCC(C)(C(F)(F)F)C(F)(F)F.C[C@@H](CC12CC3CC(CC(C3)C1)C2)C(C)(C(F)(F)F)C(F)(F)F. The molecule has 0 radical (unpaired) electrons. The smallest absolute Gasteiger partial charge is 0.170 e. The van der Waals surface area contributed by atoms with Crippen LogP contribution in [-0.4, -0.2) is 24.7 Å². The number of hydrogen-bond acceptors (Lipinski definition) is 0. The predicted octanol–water partition coefficient (Wildman–Crippen LogP) is 10.3. The normalized spacial score (nSPS) is 30.2. The Labute approximate surface area is 203 Å². The van der Waals surface area contributed by atoms with Gasteiger partial charge in [0.15, 0.2) is 10.8 Å². The van der Waals surface area contributed by atoms with Gasteiger partial charge in [0.1, 0.15) is 0 Å². The maximum absolute atomic E-state index is 13.3. The van der Waals surface area contributed by atoms with Crippen molar-refractivity contribution in [3.63, 3.8) is 0 Å². The van der Waals surface area contributed by atoms with E-state index >= 15 is 0 Å². The van der Waals surface area contributed by atoms with Crippen LogP contribution in [0.15, 0.2) is 0 Å². The van der Waals surface area contributed by atoms with E-state index in [0.29, 0.717) is 24.7 Å². The quantitative estimate of drug-likeness (QED) is 0.299. The van der Waals surface area contributed by atoms with Crippen molar-refractivity contribution in [2.75, 3.05) is 0 Å². The van der Waals surface area contributed by atoms with Gasteiger partial charge in [0, 0.05) is 0 Å². The fourth-order valence-electron chi connectivity index (χ4n) is 7.06. The van der Waals surface area contributed by atoms with Crippen LogP contribution in [0, 0.1) is 39.9 Å². The van der Waals surface area contributed by atoms with Crippen molar-refractivity contribution in [1.82, 2.24) is 0 Å². The summed E-state index contributed by atoms with van der Waals surface area (Å²) < 4.78 is 152. The first-order valence-corrected chi connectivity index (χ1v) is 12.2. The number of hydrogen-bond donors (Lipinski definition) is 0. The van der Waals surface area contributed by atoms with Crippen molar-refractivity contribution in [2.45, 2.75) is 110 Å². The summed E-state index contributed by atoms with van der Waals surface area (Å²) in [6, 6.07) is 0. The van der Waals surface area contributed by atoms with Gasteiger partial charge in [-0.15, -0.1) is 0 Å². The standard InChI is InChI=1S/C17H24F6.C7H10F6/c1-10(14(2,16(18,19)20)17(21,22)23)6-15-7-11-3-12(8-15)5-13(4-11)9-15;1-3-4-5(2,6(8,9)10)7(11,12)13/h10-13H,3-9H2,1-2H3;3-4H2,1-2H3/t10-,11?,12?,13?,15?;/m0./s1. The molecule has 4 saturated carbocycles. The molecule has 4 rings (SSSR count). The van der Waals surface area contributed by atoms with Crippen LogP contribution in [0.4, 0.5) is 52.7 Å². The van der Waals surface area contributed by atoms with Crippen LogP contribution in [0.25, 0.3) is 0 Å². The van der Waals surface area contributed by atoms with Crippen LogP contribution >= 0.6 is 0 Å². The van der Waals surface area contributed by atoms with E-state index in [4.69, 9.17) is 0 Å². The van der Waals surface area contributed by atoms with Crippen LogP contribution in [0.3, 0.4) is 0 Å². The third-order valence-corrected chi connectivity index (χ3v) is 9.07. The Morgan fingerprint density at radius 3 is 1.19 bits per heavy atom. The number of rotatable bonds is 5. The van der Waals surface area contributed by atoms with E-state index in [2.05, 4.69) is 0 Å². The monoisotopic (exact) mass is 550 g/mol. The van der Waals surface area contributed by atoms with Gasteiger partial charge < -0.3 is 0 Å². The number of alkyl halides is 12. The zero-order valence-electron chi connectivity index (χ0n) is 20.7. The minimum Gasteiger partial charge on any atom is -0.170 e. The van der Waals surface area contributed by atoms with Crippen molar-refractivity contribution >= 4 is 0 Å². The first kappa shape index (κ1) is 31.4. The van der Waals surface area contributed by atoms with Crippen molar-refractivity contribution in [3.8, 4) is 0 Å². The molecule has 0 aromatic rings. The molecule has 1 atom stereocenters. The summed E-state index contributed by atoms with van der Waals surface area (Å²) in [5.74, 6) is 0.128. The minimum absolute atomic E-state index is 0.0476. The lowest BCUT2D eigenvalue weighted by Crippen LogP contribution is -2.54. The molecule has 0 aromatic carbocycles. The third-order valence-electron chi connectivity index (χ3n) is 9.07. The van der Waals surface area contributed by atoms with E-state index in [0.717, 1.165) is 45.4 Å². The minimum atomic E-state index is -5.27. The van der Waals surface area contributed by atoms with Gasteiger partial charge in [-0.2, -0.15) is 52.7 Å². The van der Waals surface area contributed by atoms with Crippen molar-refractivity contribution < 1.29 is 52.7 Å². The van der Waals surface area contributed by atoms with Crippen molar-refractivity contribution in [3.05, 3.63) is 0 Å². The van der Waals surface area contributed by atoms with Crippen LogP contribution < -0.4 is 0 Å². The van der Waals surface area contributed by atoms with Gasteiger partial charge in [0.25, 0.3) is 0 Å².